The van der Waals surface area contributed by atoms with E-state index in [1.165, 1.54) is 4.68 Å². The van der Waals surface area contributed by atoms with Crippen molar-refractivity contribution in [3.05, 3.63) is 30.1 Å². The predicted molar refractivity (Wildman–Crippen MR) is 51.1 cm³/mol. The highest BCUT2D eigenvalue weighted by atomic mass is 16.5. The number of aldehydes is 1. The van der Waals surface area contributed by atoms with E-state index >= 15 is 0 Å². The third kappa shape index (κ3) is 1.69. The molecule has 0 saturated carbocycles. The maximum Gasteiger partial charge on any atom is 0.219 e. The van der Waals surface area contributed by atoms with Gasteiger partial charge in [-0.25, -0.2) is 0 Å². The number of nitrogens with zero attached hydrogens (tertiary/aromatic N) is 4. The maximum atomic E-state index is 10.6. The number of aromatic nitrogens is 4. The largest absolute Gasteiger partial charge is 0.497 e. The summed E-state index contributed by atoms with van der Waals surface area (Å²) in [4.78, 5) is 10.6. The minimum absolute atomic E-state index is 0.167. The average Bonchev–Trinajstić information content (AvgIpc) is 2.77. The number of carbonyl (C=O) groups is 1. The number of hydrogen-bond acceptors (Lipinski definition) is 5. The fourth-order valence-electron chi connectivity index (χ4n) is 1.17. The molecular formula is C9H8N4O2. The molecule has 0 N–H and O–H groups in total. The van der Waals surface area contributed by atoms with E-state index in [2.05, 4.69) is 15.5 Å². The van der Waals surface area contributed by atoms with Crippen LogP contribution >= 0.6 is 0 Å². The normalized spacial score (nSPS) is 9.93. The van der Waals surface area contributed by atoms with Crippen molar-refractivity contribution in [1.29, 1.82) is 0 Å². The van der Waals surface area contributed by atoms with Crippen LogP contribution in [0.4, 0.5) is 0 Å². The van der Waals surface area contributed by atoms with Crippen molar-refractivity contribution in [1.82, 2.24) is 20.2 Å². The van der Waals surface area contributed by atoms with Gasteiger partial charge in [-0.05, 0) is 34.7 Å². The number of benzene rings is 1. The molecule has 1 aromatic carbocycles. The fourth-order valence-corrected chi connectivity index (χ4v) is 1.17. The first-order chi connectivity index (χ1) is 7.35. The van der Waals surface area contributed by atoms with Crippen LogP contribution in [0, 0.1) is 0 Å². The van der Waals surface area contributed by atoms with Crippen LogP contribution in [-0.2, 0) is 0 Å². The van der Waals surface area contributed by atoms with Crippen LogP contribution in [0.25, 0.3) is 5.69 Å². The number of tetrazole rings is 1. The number of ether oxygens (including phenoxy) is 1. The first-order valence-corrected chi connectivity index (χ1v) is 4.23. The Labute approximate surface area is 85.5 Å². The highest BCUT2D eigenvalue weighted by Crippen LogP contribution is 2.14. The second kappa shape index (κ2) is 3.87. The topological polar surface area (TPSA) is 69.9 Å². The van der Waals surface area contributed by atoms with Gasteiger partial charge in [0.25, 0.3) is 0 Å². The van der Waals surface area contributed by atoms with E-state index in [4.69, 9.17) is 4.74 Å². The van der Waals surface area contributed by atoms with Crippen molar-refractivity contribution in [3.8, 4) is 11.4 Å². The van der Waals surface area contributed by atoms with E-state index in [-0.39, 0.29) is 5.82 Å². The third-order valence-electron chi connectivity index (χ3n) is 1.92. The SMILES string of the molecule is COc1ccc(-n2nnnc2C=O)cc1. The van der Waals surface area contributed by atoms with Crippen LogP contribution in [0.1, 0.15) is 10.6 Å². The minimum atomic E-state index is 0.167. The lowest BCUT2D eigenvalue weighted by Crippen LogP contribution is -2.01. The first kappa shape index (κ1) is 9.32. The zero-order valence-corrected chi connectivity index (χ0v) is 7.99. The minimum Gasteiger partial charge on any atom is -0.497 e. The Hall–Kier alpha value is -2.24. The Morgan fingerprint density at radius 2 is 2.07 bits per heavy atom. The molecule has 76 valence electrons. The van der Waals surface area contributed by atoms with Gasteiger partial charge in [0.2, 0.25) is 5.82 Å². The molecule has 0 unspecified atom stereocenters. The van der Waals surface area contributed by atoms with Gasteiger partial charge >= 0.3 is 0 Å². The second-order valence-corrected chi connectivity index (χ2v) is 2.76. The Bertz CT molecular complexity index is 463. The molecule has 1 heterocycles. The second-order valence-electron chi connectivity index (χ2n) is 2.76. The van der Waals surface area contributed by atoms with Crippen molar-refractivity contribution in [2.75, 3.05) is 7.11 Å². The first-order valence-electron chi connectivity index (χ1n) is 4.23. The zero-order chi connectivity index (χ0) is 10.7. The van der Waals surface area contributed by atoms with Crippen LogP contribution in [-0.4, -0.2) is 33.6 Å². The average molecular weight is 204 g/mol. The Kier molecular flexibility index (Phi) is 2.40. The summed E-state index contributed by atoms with van der Waals surface area (Å²) in [7, 11) is 1.59. The lowest BCUT2D eigenvalue weighted by molar-refractivity contribution is 0.111. The Morgan fingerprint density at radius 3 is 2.67 bits per heavy atom. The molecule has 0 bridgehead atoms. The molecule has 0 saturated heterocycles. The molecule has 6 nitrogen and oxygen atoms in total. The van der Waals surface area contributed by atoms with Gasteiger partial charge in [-0.3, -0.25) is 4.79 Å². The smallest absolute Gasteiger partial charge is 0.219 e. The van der Waals surface area contributed by atoms with Crippen molar-refractivity contribution in [2.45, 2.75) is 0 Å². The van der Waals surface area contributed by atoms with Crippen LogP contribution in [0.15, 0.2) is 24.3 Å². The highest BCUT2D eigenvalue weighted by molar-refractivity contribution is 5.69. The summed E-state index contributed by atoms with van der Waals surface area (Å²) in [5, 5.41) is 10.7. The number of methoxy groups -OCH3 is 1. The lowest BCUT2D eigenvalue weighted by atomic mass is 10.3. The van der Waals surface area contributed by atoms with Gasteiger partial charge in [-0.15, -0.1) is 5.10 Å². The van der Waals surface area contributed by atoms with Gasteiger partial charge in [-0.1, -0.05) is 0 Å². The summed E-state index contributed by atoms with van der Waals surface area (Å²) in [6, 6.07) is 7.07. The molecule has 6 heteroatoms. The van der Waals surface area contributed by atoms with Crippen molar-refractivity contribution >= 4 is 6.29 Å². The molecule has 2 aromatic rings. The predicted octanol–water partition coefficient (Wildman–Crippen LogP) is 0.483. The fraction of sp³-hybridized carbons (Fsp3) is 0.111. The maximum absolute atomic E-state index is 10.6. The van der Waals surface area contributed by atoms with E-state index in [1.807, 2.05) is 0 Å². The van der Waals surface area contributed by atoms with Crippen LogP contribution < -0.4 is 4.74 Å². The molecular weight excluding hydrogens is 196 g/mol. The molecule has 0 fully saturated rings. The third-order valence-corrected chi connectivity index (χ3v) is 1.92. The molecule has 2 rings (SSSR count). The summed E-state index contributed by atoms with van der Waals surface area (Å²) < 4.78 is 6.37. The van der Waals surface area contributed by atoms with Gasteiger partial charge in [0.15, 0.2) is 6.29 Å². The van der Waals surface area contributed by atoms with E-state index in [9.17, 15) is 4.79 Å². The van der Waals surface area contributed by atoms with E-state index < -0.39 is 0 Å². The molecule has 0 spiro atoms. The quantitative estimate of drug-likeness (QED) is 0.680. The summed E-state index contributed by atoms with van der Waals surface area (Å²) in [5.74, 6) is 0.902. The summed E-state index contributed by atoms with van der Waals surface area (Å²) in [5.41, 5.74) is 0.711. The van der Waals surface area contributed by atoms with Gasteiger partial charge in [-0.2, -0.15) is 4.68 Å². The molecule has 1 aromatic heterocycles. The molecule has 0 atom stereocenters. The van der Waals surface area contributed by atoms with Crippen molar-refractivity contribution < 1.29 is 9.53 Å². The molecule has 0 aliphatic rings. The van der Waals surface area contributed by atoms with Crippen LogP contribution in [0.2, 0.25) is 0 Å². The monoisotopic (exact) mass is 204 g/mol. The lowest BCUT2D eigenvalue weighted by Gasteiger charge is -2.02. The standard InChI is InChI=1S/C9H8N4O2/c1-15-8-4-2-7(3-5-8)13-9(6-14)10-11-12-13/h2-6H,1H3. The summed E-state index contributed by atoms with van der Waals surface area (Å²) in [6.45, 7) is 0. The Morgan fingerprint density at radius 1 is 1.33 bits per heavy atom. The molecule has 0 aliphatic heterocycles. The molecule has 0 aliphatic carbocycles. The Balaban J connectivity index is 2.41. The number of hydrogen-bond donors (Lipinski definition) is 0. The van der Waals surface area contributed by atoms with E-state index in [0.717, 1.165) is 5.75 Å². The molecule has 0 amide bonds. The molecule has 15 heavy (non-hydrogen) atoms. The van der Waals surface area contributed by atoms with Gasteiger partial charge in [0.1, 0.15) is 5.75 Å². The van der Waals surface area contributed by atoms with Gasteiger partial charge in [0, 0.05) is 0 Å². The van der Waals surface area contributed by atoms with Crippen molar-refractivity contribution in [2.24, 2.45) is 0 Å². The summed E-state index contributed by atoms with van der Waals surface area (Å²) in [6.07, 6.45) is 0.601. The van der Waals surface area contributed by atoms with Gasteiger partial charge in [0.05, 0.1) is 12.8 Å². The van der Waals surface area contributed by atoms with Gasteiger partial charge < -0.3 is 4.74 Å². The zero-order valence-electron chi connectivity index (χ0n) is 7.99. The van der Waals surface area contributed by atoms with Crippen LogP contribution in [0.5, 0.6) is 5.75 Å². The van der Waals surface area contributed by atoms with E-state index in [1.54, 1.807) is 31.4 Å². The van der Waals surface area contributed by atoms with Crippen LogP contribution in [0.3, 0.4) is 0 Å². The van der Waals surface area contributed by atoms with E-state index in [0.29, 0.717) is 12.0 Å². The highest BCUT2D eigenvalue weighted by Gasteiger charge is 2.06. The molecule has 0 radical (unpaired) electrons. The number of carbonyl (C=O) groups excluding carboxylic acids is 1. The number of rotatable bonds is 3. The van der Waals surface area contributed by atoms with Crippen molar-refractivity contribution in [3.63, 3.8) is 0 Å². The summed E-state index contributed by atoms with van der Waals surface area (Å²) >= 11 is 0.